The van der Waals surface area contributed by atoms with Gasteiger partial charge in [0.15, 0.2) is 0 Å². The summed E-state index contributed by atoms with van der Waals surface area (Å²) in [6.45, 7) is 1.99. The third kappa shape index (κ3) is 3.57. The summed E-state index contributed by atoms with van der Waals surface area (Å²) in [6, 6.07) is 17.6. The summed E-state index contributed by atoms with van der Waals surface area (Å²) in [7, 11) is 0. The fraction of sp³-hybridized carbons (Fsp3) is 0.0909. The molecule has 0 amide bonds. The minimum atomic E-state index is -0.457. The number of rotatable bonds is 4. The number of nitrogens with zero attached hydrogens (tertiary/aromatic N) is 1. The largest absolute Gasteiger partial charge is 0.462 e. The van der Waals surface area contributed by atoms with E-state index in [1.807, 2.05) is 30.3 Å². The van der Waals surface area contributed by atoms with Crippen LogP contribution in [0.5, 0.6) is 0 Å². The van der Waals surface area contributed by atoms with E-state index in [0.29, 0.717) is 36.6 Å². The first-order valence-corrected chi connectivity index (χ1v) is 10.4. The first-order chi connectivity index (χ1) is 14.0. The quantitative estimate of drug-likeness (QED) is 0.352. The zero-order chi connectivity index (χ0) is 20.5. The number of hydrogen-bond acceptors (Lipinski definition) is 4. The molecule has 4 nitrogen and oxygen atoms in total. The number of ether oxygens (including phenoxy) is 1. The zero-order valence-electron chi connectivity index (χ0n) is 15.3. The second kappa shape index (κ2) is 8.03. The Hall–Kier alpha value is -2.60. The summed E-state index contributed by atoms with van der Waals surface area (Å²) < 4.78 is 6.87. The summed E-state index contributed by atoms with van der Waals surface area (Å²) in [5.74, 6) is -0.457. The van der Waals surface area contributed by atoms with E-state index in [9.17, 15) is 9.59 Å². The lowest BCUT2D eigenvalue weighted by atomic mass is 10.0. The van der Waals surface area contributed by atoms with E-state index in [0.717, 1.165) is 5.39 Å². The summed E-state index contributed by atoms with van der Waals surface area (Å²) >= 11 is 13.7. The first kappa shape index (κ1) is 19.7. The van der Waals surface area contributed by atoms with Crippen molar-refractivity contribution in [2.75, 3.05) is 6.61 Å². The van der Waals surface area contributed by atoms with E-state index in [-0.39, 0.29) is 12.2 Å². The number of esters is 1. The van der Waals surface area contributed by atoms with Crippen LogP contribution in [-0.2, 0) is 4.74 Å². The minimum Gasteiger partial charge on any atom is -0.462 e. The maximum Gasteiger partial charge on any atom is 0.349 e. The lowest BCUT2D eigenvalue weighted by Crippen LogP contribution is -2.16. The molecule has 0 radical (unpaired) electrons. The van der Waals surface area contributed by atoms with Gasteiger partial charge in [-0.1, -0.05) is 47.5 Å². The summed E-state index contributed by atoms with van der Waals surface area (Å²) in [5.41, 5.74) is 1.82. The lowest BCUT2D eigenvalue weighted by Gasteiger charge is -2.09. The van der Waals surface area contributed by atoms with Crippen molar-refractivity contribution in [3.8, 4) is 16.8 Å². The molecule has 0 aliphatic carbocycles. The topological polar surface area (TPSA) is 48.3 Å². The van der Waals surface area contributed by atoms with Gasteiger partial charge in [-0.05, 0) is 37.3 Å². The molecule has 0 N–H and O–H groups in total. The van der Waals surface area contributed by atoms with Crippen LogP contribution < -0.4 is 5.56 Å². The number of aromatic nitrogens is 1. The summed E-state index contributed by atoms with van der Waals surface area (Å²) in [5, 5.41) is 1.66. The first-order valence-electron chi connectivity index (χ1n) is 8.87. The van der Waals surface area contributed by atoms with E-state index in [4.69, 9.17) is 27.9 Å². The number of halogens is 2. The maximum atomic E-state index is 12.8. The van der Waals surface area contributed by atoms with E-state index in [1.54, 1.807) is 35.8 Å². The summed E-state index contributed by atoms with van der Waals surface area (Å²) in [4.78, 5) is 26.5. The fourth-order valence-electron chi connectivity index (χ4n) is 3.20. The molecule has 4 aromatic rings. The molecule has 0 bridgehead atoms. The number of carbonyl (C=O) groups excluding carboxylic acids is 1. The van der Waals surface area contributed by atoms with Crippen LogP contribution in [0.15, 0.2) is 65.5 Å². The average Bonchev–Trinajstić information content (AvgIpc) is 3.08. The van der Waals surface area contributed by atoms with Crippen molar-refractivity contribution in [3.05, 3.63) is 85.9 Å². The Morgan fingerprint density at radius 2 is 1.83 bits per heavy atom. The second-order valence-corrected chi connectivity index (χ2v) is 8.05. The number of fused-ring (bicyclic) bond motifs is 1. The van der Waals surface area contributed by atoms with Crippen LogP contribution in [0, 0.1) is 0 Å². The van der Waals surface area contributed by atoms with Gasteiger partial charge in [0, 0.05) is 32.6 Å². The van der Waals surface area contributed by atoms with Gasteiger partial charge in [-0.3, -0.25) is 9.36 Å². The van der Waals surface area contributed by atoms with E-state index < -0.39 is 5.97 Å². The number of thiophene rings is 1. The van der Waals surface area contributed by atoms with Crippen molar-refractivity contribution in [2.24, 2.45) is 0 Å². The van der Waals surface area contributed by atoms with Crippen LogP contribution in [0.4, 0.5) is 0 Å². The number of pyridine rings is 1. The van der Waals surface area contributed by atoms with Crippen molar-refractivity contribution in [2.45, 2.75) is 6.92 Å². The molecule has 0 spiro atoms. The molecule has 7 heteroatoms. The highest BCUT2D eigenvalue weighted by atomic mass is 35.5. The predicted molar refractivity (Wildman–Crippen MR) is 119 cm³/mol. The van der Waals surface area contributed by atoms with Crippen LogP contribution in [0.1, 0.15) is 16.6 Å². The molecule has 2 aromatic heterocycles. The normalized spacial score (nSPS) is 11.0. The Balaban J connectivity index is 2.10. The van der Waals surface area contributed by atoms with Crippen molar-refractivity contribution in [1.29, 1.82) is 0 Å². The fourth-order valence-corrected chi connectivity index (χ4v) is 4.93. The molecule has 0 saturated carbocycles. The second-order valence-electron chi connectivity index (χ2n) is 6.21. The number of hydrogen-bond donors (Lipinski definition) is 0. The maximum absolute atomic E-state index is 12.8. The van der Waals surface area contributed by atoms with Crippen LogP contribution in [0.2, 0.25) is 10.0 Å². The average molecular weight is 444 g/mol. The van der Waals surface area contributed by atoms with Crippen LogP contribution in [0.25, 0.3) is 27.0 Å². The van der Waals surface area contributed by atoms with Gasteiger partial charge < -0.3 is 4.74 Å². The van der Waals surface area contributed by atoms with Gasteiger partial charge in [0.2, 0.25) is 0 Å². The van der Waals surface area contributed by atoms with Crippen molar-refractivity contribution in [3.63, 3.8) is 0 Å². The standard InChI is InChI=1S/C22H15Cl2NO3S/c1-2-28-22(27)20-19(15-9-8-13(23)12-17(15)24)16-10-11-18(26)25(21(16)29-20)14-6-4-3-5-7-14/h3-12H,2H2,1H3. The highest BCUT2D eigenvalue weighted by Crippen LogP contribution is 2.42. The van der Waals surface area contributed by atoms with Gasteiger partial charge in [-0.15, -0.1) is 11.3 Å². The highest BCUT2D eigenvalue weighted by Gasteiger charge is 2.24. The molecule has 0 aliphatic heterocycles. The van der Waals surface area contributed by atoms with Crippen molar-refractivity contribution >= 4 is 50.7 Å². The number of para-hydroxylation sites is 1. The monoisotopic (exact) mass is 443 g/mol. The number of benzene rings is 2. The zero-order valence-corrected chi connectivity index (χ0v) is 17.6. The molecule has 2 heterocycles. The van der Waals surface area contributed by atoms with Crippen molar-refractivity contribution in [1.82, 2.24) is 4.57 Å². The van der Waals surface area contributed by atoms with Gasteiger partial charge in [0.25, 0.3) is 5.56 Å². The molecule has 0 atom stereocenters. The van der Waals surface area contributed by atoms with Gasteiger partial charge >= 0.3 is 5.97 Å². The van der Waals surface area contributed by atoms with Crippen LogP contribution in [-0.4, -0.2) is 17.1 Å². The van der Waals surface area contributed by atoms with Crippen LogP contribution >= 0.6 is 34.5 Å². The van der Waals surface area contributed by atoms with Gasteiger partial charge in [0.1, 0.15) is 9.71 Å². The minimum absolute atomic E-state index is 0.186. The third-order valence-electron chi connectivity index (χ3n) is 4.42. The van der Waals surface area contributed by atoms with E-state index in [2.05, 4.69) is 0 Å². The molecule has 0 fully saturated rings. The smallest absolute Gasteiger partial charge is 0.349 e. The molecule has 146 valence electrons. The third-order valence-corrected chi connectivity index (χ3v) is 6.14. The number of carbonyl (C=O) groups is 1. The molecule has 2 aromatic carbocycles. The van der Waals surface area contributed by atoms with Gasteiger partial charge in [0.05, 0.1) is 12.3 Å². The summed E-state index contributed by atoms with van der Waals surface area (Å²) in [6.07, 6.45) is 0. The van der Waals surface area contributed by atoms with Crippen LogP contribution in [0.3, 0.4) is 0 Å². The highest BCUT2D eigenvalue weighted by molar-refractivity contribution is 7.21. The molecular weight excluding hydrogens is 429 g/mol. The molecule has 0 saturated heterocycles. The van der Waals surface area contributed by atoms with E-state index in [1.165, 1.54) is 17.4 Å². The predicted octanol–water partition coefficient (Wildman–Crippen LogP) is 6.20. The van der Waals surface area contributed by atoms with Crippen molar-refractivity contribution < 1.29 is 9.53 Å². The molecule has 0 aliphatic rings. The van der Waals surface area contributed by atoms with E-state index >= 15 is 0 Å². The Morgan fingerprint density at radius 3 is 2.52 bits per heavy atom. The SMILES string of the molecule is CCOC(=O)c1sc2c(ccc(=O)n2-c2ccccc2)c1-c1ccc(Cl)cc1Cl. The Kier molecular flexibility index (Phi) is 5.46. The Bertz CT molecular complexity index is 1280. The van der Waals surface area contributed by atoms with Gasteiger partial charge in [-0.2, -0.15) is 0 Å². The molecule has 4 rings (SSSR count). The lowest BCUT2D eigenvalue weighted by molar-refractivity contribution is 0.0533. The molecular formula is C22H15Cl2NO3S. The Labute approximate surface area is 180 Å². The molecule has 0 unspecified atom stereocenters. The Morgan fingerprint density at radius 1 is 1.07 bits per heavy atom. The molecule has 29 heavy (non-hydrogen) atoms. The van der Waals surface area contributed by atoms with Gasteiger partial charge in [-0.25, -0.2) is 4.79 Å².